The molecule has 30 heavy (non-hydrogen) atoms. The van der Waals surface area contributed by atoms with Gasteiger partial charge in [-0.2, -0.15) is 5.10 Å². The second kappa shape index (κ2) is 7.59. The molecule has 0 aliphatic heterocycles. The number of benzene rings is 2. The monoisotopic (exact) mass is 402 g/mol. The Bertz CT molecular complexity index is 1300. The van der Waals surface area contributed by atoms with Gasteiger partial charge in [-0.25, -0.2) is 14.9 Å². The van der Waals surface area contributed by atoms with Crippen LogP contribution in [0.5, 0.6) is 0 Å². The van der Waals surface area contributed by atoms with Crippen LogP contribution in [0.4, 0.5) is 0 Å². The van der Waals surface area contributed by atoms with Crippen molar-refractivity contribution in [2.24, 2.45) is 0 Å². The molecular formula is C23H22N4O3. The Morgan fingerprint density at radius 3 is 2.53 bits per heavy atom. The van der Waals surface area contributed by atoms with Crippen LogP contribution >= 0.6 is 0 Å². The molecule has 0 aliphatic rings. The van der Waals surface area contributed by atoms with Gasteiger partial charge >= 0.3 is 5.97 Å². The van der Waals surface area contributed by atoms with Crippen molar-refractivity contribution in [2.75, 3.05) is 0 Å². The van der Waals surface area contributed by atoms with Crippen LogP contribution < -0.4 is 5.56 Å². The zero-order valence-corrected chi connectivity index (χ0v) is 17.0. The number of aryl methyl sites for hydroxylation is 1. The summed E-state index contributed by atoms with van der Waals surface area (Å²) in [6, 6.07) is 14.9. The number of nitrogens with one attached hydrogen (secondary N) is 1. The summed E-state index contributed by atoms with van der Waals surface area (Å²) in [4.78, 5) is 29.5. The molecule has 0 bridgehead atoms. The summed E-state index contributed by atoms with van der Waals surface area (Å²) in [5.74, 6) is -0.249. The molecule has 0 atom stereocenters. The Morgan fingerprint density at radius 1 is 1.13 bits per heavy atom. The van der Waals surface area contributed by atoms with E-state index in [9.17, 15) is 14.7 Å². The lowest BCUT2D eigenvalue weighted by molar-refractivity contribution is 0.0696. The standard InChI is InChI=1S/C23H22N4O3/c1-13(2)21-24-19-14(3)25-26-22(28)20(19)27(21)12-16-10-7-11-17(18(16)23(29)30)15-8-5-4-6-9-15/h4-11,13H,12H2,1-3H3,(H,26,28)(H,29,30). The Hall–Kier alpha value is -3.74. The summed E-state index contributed by atoms with van der Waals surface area (Å²) in [5.41, 5.74) is 3.54. The number of hydrogen-bond acceptors (Lipinski definition) is 4. The molecule has 4 rings (SSSR count). The molecule has 0 aliphatic carbocycles. The van der Waals surface area contributed by atoms with Crippen molar-refractivity contribution >= 4 is 17.0 Å². The van der Waals surface area contributed by atoms with E-state index < -0.39 is 5.97 Å². The van der Waals surface area contributed by atoms with E-state index in [1.807, 2.05) is 54.8 Å². The number of rotatable bonds is 5. The van der Waals surface area contributed by atoms with Crippen LogP contribution in [0.2, 0.25) is 0 Å². The lowest BCUT2D eigenvalue weighted by Crippen LogP contribution is -2.17. The van der Waals surface area contributed by atoms with Gasteiger partial charge in [0.1, 0.15) is 16.9 Å². The predicted octanol–water partition coefficient (Wildman–Crippen LogP) is 3.96. The highest BCUT2D eigenvalue weighted by Crippen LogP contribution is 2.29. The summed E-state index contributed by atoms with van der Waals surface area (Å²) >= 11 is 0. The van der Waals surface area contributed by atoms with E-state index in [2.05, 4.69) is 15.2 Å². The van der Waals surface area contributed by atoms with Crippen molar-refractivity contribution in [1.29, 1.82) is 0 Å². The van der Waals surface area contributed by atoms with Crippen LogP contribution in [0.15, 0.2) is 53.3 Å². The zero-order chi connectivity index (χ0) is 21.4. The highest BCUT2D eigenvalue weighted by molar-refractivity contribution is 5.97. The fraction of sp³-hybridized carbons (Fsp3) is 0.217. The van der Waals surface area contributed by atoms with Crippen LogP contribution in [0.3, 0.4) is 0 Å². The second-order valence-electron chi connectivity index (χ2n) is 7.56. The quantitative estimate of drug-likeness (QED) is 0.526. The topological polar surface area (TPSA) is 101 Å². The minimum atomic E-state index is -1.01. The lowest BCUT2D eigenvalue weighted by Gasteiger charge is -2.15. The van der Waals surface area contributed by atoms with Crippen molar-refractivity contribution < 1.29 is 9.90 Å². The highest BCUT2D eigenvalue weighted by Gasteiger charge is 2.22. The first-order valence-electron chi connectivity index (χ1n) is 9.74. The Morgan fingerprint density at radius 2 is 1.87 bits per heavy atom. The van der Waals surface area contributed by atoms with E-state index in [0.717, 1.165) is 5.56 Å². The van der Waals surface area contributed by atoms with Crippen LogP contribution in [0, 0.1) is 6.92 Å². The molecule has 2 aromatic carbocycles. The number of carboxylic acid groups (broad SMARTS) is 1. The summed E-state index contributed by atoms with van der Waals surface area (Å²) in [6.45, 7) is 6.00. The lowest BCUT2D eigenvalue weighted by atomic mass is 9.95. The number of fused-ring (bicyclic) bond motifs is 1. The smallest absolute Gasteiger partial charge is 0.336 e. The van der Waals surface area contributed by atoms with Crippen LogP contribution in [0.25, 0.3) is 22.2 Å². The summed E-state index contributed by atoms with van der Waals surface area (Å²) < 4.78 is 1.81. The predicted molar refractivity (Wildman–Crippen MR) is 115 cm³/mol. The molecular weight excluding hydrogens is 380 g/mol. The summed E-state index contributed by atoms with van der Waals surface area (Å²) in [7, 11) is 0. The maximum Gasteiger partial charge on any atom is 0.336 e. The first kappa shape index (κ1) is 19.6. The van der Waals surface area contributed by atoms with Gasteiger partial charge < -0.3 is 9.67 Å². The SMILES string of the molecule is Cc1n[nH]c(=O)c2c1nc(C(C)C)n2Cc1cccc(-c2ccccc2)c1C(=O)O. The van der Waals surface area contributed by atoms with Crippen molar-refractivity contribution in [2.45, 2.75) is 33.2 Å². The molecule has 0 saturated carbocycles. The van der Waals surface area contributed by atoms with E-state index in [-0.39, 0.29) is 23.6 Å². The fourth-order valence-electron chi connectivity index (χ4n) is 3.81. The average Bonchev–Trinajstić information content (AvgIpc) is 3.12. The third kappa shape index (κ3) is 3.28. The largest absolute Gasteiger partial charge is 0.478 e. The number of H-pyrrole nitrogens is 1. The number of imidazole rings is 1. The molecule has 0 amide bonds. The van der Waals surface area contributed by atoms with E-state index in [1.165, 1.54) is 0 Å². The third-order valence-corrected chi connectivity index (χ3v) is 5.17. The number of hydrogen-bond donors (Lipinski definition) is 2. The van der Waals surface area contributed by atoms with Crippen molar-refractivity contribution in [3.8, 4) is 11.1 Å². The number of nitrogens with zero attached hydrogens (tertiary/aromatic N) is 3. The maximum atomic E-state index is 12.6. The Kier molecular flexibility index (Phi) is 4.95. The van der Waals surface area contributed by atoms with Gasteiger partial charge in [0.15, 0.2) is 0 Å². The molecule has 152 valence electrons. The van der Waals surface area contributed by atoms with E-state index >= 15 is 0 Å². The van der Waals surface area contributed by atoms with Crippen LogP contribution in [0.1, 0.15) is 47.2 Å². The molecule has 0 fully saturated rings. The maximum absolute atomic E-state index is 12.6. The number of aromatic amines is 1. The highest BCUT2D eigenvalue weighted by atomic mass is 16.4. The molecule has 0 spiro atoms. The number of carboxylic acids is 1. The molecule has 0 unspecified atom stereocenters. The van der Waals surface area contributed by atoms with Gasteiger partial charge in [-0.05, 0) is 23.6 Å². The van der Waals surface area contributed by atoms with Crippen molar-refractivity contribution in [1.82, 2.24) is 19.7 Å². The van der Waals surface area contributed by atoms with Crippen molar-refractivity contribution in [3.63, 3.8) is 0 Å². The molecule has 2 N–H and O–H groups in total. The van der Waals surface area contributed by atoms with Crippen molar-refractivity contribution in [3.05, 3.63) is 81.5 Å². The zero-order valence-electron chi connectivity index (χ0n) is 17.0. The first-order valence-corrected chi connectivity index (χ1v) is 9.74. The minimum absolute atomic E-state index is 0.0433. The van der Waals surface area contributed by atoms with E-state index in [0.29, 0.717) is 33.7 Å². The first-order chi connectivity index (χ1) is 14.4. The number of aromatic nitrogens is 4. The van der Waals surface area contributed by atoms with Crippen LogP contribution in [-0.2, 0) is 6.54 Å². The molecule has 0 radical (unpaired) electrons. The molecule has 2 aromatic heterocycles. The normalized spacial score (nSPS) is 11.3. The summed E-state index contributed by atoms with van der Waals surface area (Å²) in [6.07, 6.45) is 0. The van der Waals surface area contributed by atoms with Crippen LogP contribution in [-0.4, -0.2) is 30.8 Å². The molecule has 0 saturated heterocycles. The second-order valence-corrected chi connectivity index (χ2v) is 7.56. The number of aromatic carboxylic acids is 1. The average molecular weight is 402 g/mol. The Labute approximate surface area is 173 Å². The van der Waals surface area contributed by atoms with Gasteiger partial charge in [0.2, 0.25) is 0 Å². The van der Waals surface area contributed by atoms with Gasteiger partial charge in [-0.1, -0.05) is 62.4 Å². The Balaban J connectivity index is 1.96. The molecule has 4 aromatic rings. The third-order valence-electron chi connectivity index (χ3n) is 5.17. The number of carbonyl (C=O) groups is 1. The van der Waals surface area contributed by atoms with Gasteiger partial charge in [-0.15, -0.1) is 0 Å². The van der Waals surface area contributed by atoms with E-state index in [4.69, 9.17) is 0 Å². The minimum Gasteiger partial charge on any atom is -0.478 e. The van der Waals surface area contributed by atoms with Gasteiger partial charge in [0.25, 0.3) is 5.56 Å². The molecule has 7 heteroatoms. The van der Waals surface area contributed by atoms with Gasteiger partial charge in [-0.3, -0.25) is 4.79 Å². The molecule has 2 heterocycles. The fourth-order valence-corrected chi connectivity index (χ4v) is 3.81. The van der Waals surface area contributed by atoms with E-state index in [1.54, 1.807) is 19.1 Å². The van der Waals surface area contributed by atoms with Gasteiger partial charge in [0.05, 0.1) is 17.8 Å². The molecule has 7 nitrogen and oxygen atoms in total. The summed E-state index contributed by atoms with van der Waals surface area (Å²) in [5, 5.41) is 16.6. The van der Waals surface area contributed by atoms with Gasteiger partial charge in [0, 0.05) is 5.92 Å².